The summed E-state index contributed by atoms with van der Waals surface area (Å²) in [5.41, 5.74) is 1.79. The van der Waals surface area contributed by atoms with Gasteiger partial charge in [-0.15, -0.1) is 0 Å². The van der Waals surface area contributed by atoms with Crippen LogP contribution in [0.4, 0.5) is 5.69 Å². The van der Waals surface area contributed by atoms with E-state index in [2.05, 4.69) is 17.0 Å². The zero-order chi connectivity index (χ0) is 14.4. The molecule has 0 bridgehead atoms. The van der Waals surface area contributed by atoms with Crippen molar-refractivity contribution in [3.8, 4) is 0 Å². The maximum absolute atomic E-state index is 12.1. The quantitative estimate of drug-likeness (QED) is 0.688. The van der Waals surface area contributed by atoms with Crippen molar-refractivity contribution >= 4 is 15.7 Å². The van der Waals surface area contributed by atoms with Gasteiger partial charge >= 0.3 is 0 Å². The van der Waals surface area contributed by atoms with Crippen LogP contribution in [0.15, 0.2) is 24.3 Å². The van der Waals surface area contributed by atoms with Gasteiger partial charge in [0.25, 0.3) is 0 Å². The summed E-state index contributed by atoms with van der Waals surface area (Å²) in [4.78, 5) is 0. The molecule has 0 aromatic heterocycles. The molecule has 1 fully saturated rings. The Bertz CT molecular complexity index is 524. The molecule has 20 heavy (non-hydrogen) atoms. The van der Waals surface area contributed by atoms with Crippen molar-refractivity contribution in [1.29, 1.82) is 0 Å². The Morgan fingerprint density at radius 2 is 2.00 bits per heavy atom. The van der Waals surface area contributed by atoms with Crippen molar-refractivity contribution in [2.75, 3.05) is 17.0 Å². The maximum Gasteiger partial charge on any atom is 0.232 e. The first-order valence-electron chi connectivity index (χ1n) is 7.42. The molecule has 2 rings (SSSR count). The normalized spacial score (nSPS) is 15.2. The molecule has 0 radical (unpaired) electrons. The number of para-hydroxylation sites is 1. The third kappa shape index (κ3) is 5.13. The minimum absolute atomic E-state index is 0.174. The van der Waals surface area contributed by atoms with Crippen LogP contribution < -0.4 is 10.0 Å². The fourth-order valence-electron chi connectivity index (χ4n) is 2.18. The van der Waals surface area contributed by atoms with E-state index in [9.17, 15) is 8.42 Å². The van der Waals surface area contributed by atoms with Gasteiger partial charge < -0.3 is 5.32 Å². The molecule has 5 heteroatoms. The van der Waals surface area contributed by atoms with E-state index in [-0.39, 0.29) is 5.75 Å². The van der Waals surface area contributed by atoms with Crippen molar-refractivity contribution in [2.24, 2.45) is 0 Å². The van der Waals surface area contributed by atoms with Gasteiger partial charge in [0.15, 0.2) is 0 Å². The zero-order valence-corrected chi connectivity index (χ0v) is 12.9. The average Bonchev–Trinajstić information content (AvgIpc) is 3.21. The Labute approximate surface area is 122 Å². The molecule has 0 unspecified atom stereocenters. The van der Waals surface area contributed by atoms with Crippen LogP contribution in [0.2, 0.25) is 0 Å². The van der Waals surface area contributed by atoms with E-state index < -0.39 is 10.0 Å². The minimum Gasteiger partial charge on any atom is -0.314 e. The van der Waals surface area contributed by atoms with Gasteiger partial charge in [-0.2, -0.15) is 0 Å². The van der Waals surface area contributed by atoms with Crippen LogP contribution in [0.25, 0.3) is 0 Å². The first-order chi connectivity index (χ1) is 9.61. The third-order valence-corrected chi connectivity index (χ3v) is 4.76. The molecule has 1 saturated carbocycles. The Morgan fingerprint density at radius 3 is 2.70 bits per heavy atom. The molecule has 2 N–H and O–H groups in total. The van der Waals surface area contributed by atoms with Crippen molar-refractivity contribution in [2.45, 2.75) is 45.1 Å². The molecule has 4 nitrogen and oxygen atoms in total. The van der Waals surface area contributed by atoms with Gasteiger partial charge in [-0.1, -0.05) is 31.5 Å². The van der Waals surface area contributed by atoms with E-state index in [1.54, 1.807) is 0 Å². The van der Waals surface area contributed by atoms with Crippen molar-refractivity contribution < 1.29 is 8.42 Å². The monoisotopic (exact) mass is 296 g/mol. The Hall–Kier alpha value is -1.07. The van der Waals surface area contributed by atoms with Crippen molar-refractivity contribution in [1.82, 2.24) is 5.32 Å². The number of anilines is 1. The van der Waals surface area contributed by atoms with E-state index in [1.807, 2.05) is 24.3 Å². The standard InChI is InChI=1S/C15H24N2O2S/c1-2-6-13-7-3-4-8-15(13)17-20(18,19)12-5-11-16-14-9-10-14/h3-4,7-8,14,16-17H,2,5-6,9-12H2,1H3. The van der Waals surface area contributed by atoms with E-state index in [1.165, 1.54) is 12.8 Å². The Morgan fingerprint density at radius 1 is 1.25 bits per heavy atom. The SMILES string of the molecule is CCCc1ccccc1NS(=O)(=O)CCCNC1CC1. The van der Waals surface area contributed by atoms with Gasteiger partial charge in [0.05, 0.1) is 11.4 Å². The summed E-state index contributed by atoms with van der Waals surface area (Å²) < 4.78 is 26.9. The van der Waals surface area contributed by atoms with E-state index >= 15 is 0 Å². The number of benzene rings is 1. The highest BCUT2D eigenvalue weighted by Gasteiger charge is 2.20. The van der Waals surface area contributed by atoms with Gasteiger partial charge in [0.2, 0.25) is 10.0 Å². The summed E-state index contributed by atoms with van der Waals surface area (Å²) in [7, 11) is -3.24. The highest BCUT2D eigenvalue weighted by Crippen LogP contribution is 2.19. The molecule has 1 aromatic rings. The molecule has 1 aliphatic rings. The predicted octanol–water partition coefficient (Wildman–Crippen LogP) is 2.52. The molecular formula is C15H24N2O2S. The van der Waals surface area contributed by atoms with Gasteiger partial charge in [-0.25, -0.2) is 8.42 Å². The molecule has 0 saturated heterocycles. The molecule has 112 valence electrons. The second-order valence-electron chi connectivity index (χ2n) is 5.41. The Balaban J connectivity index is 1.86. The number of hydrogen-bond acceptors (Lipinski definition) is 3. The van der Waals surface area contributed by atoms with Gasteiger partial charge in [-0.05, 0) is 43.9 Å². The highest BCUT2D eigenvalue weighted by atomic mass is 32.2. The molecule has 0 amide bonds. The molecule has 1 aromatic carbocycles. The minimum atomic E-state index is -3.24. The summed E-state index contributed by atoms with van der Waals surface area (Å²) in [6, 6.07) is 8.27. The average molecular weight is 296 g/mol. The topological polar surface area (TPSA) is 58.2 Å². The lowest BCUT2D eigenvalue weighted by atomic mass is 10.1. The van der Waals surface area contributed by atoms with E-state index in [0.29, 0.717) is 12.5 Å². The number of hydrogen-bond donors (Lipinski definition) is 2. The molecule has 1 aliphatic carbocycles. The number of aryl methyl sites for hydroxylation is 1. The smallest absolute Gasteiger partial charge is 0.232 e. The van der Waals surface area contributed by atoms with Crippen LogP contribution in [-0.4, -0.2) is 26.8 Å². The van der Waals surface area contributed by atoms with E-state index in [0.717, 1.165) is 30.6 Å². The van der Waals surface area contributed by atoms with Crippen LogP contribution in [0.3, 0.4) is 0 Å². The summed E-state index contributed by atoms with van der Waals surface area (Å²) in [5.74, 6) is 0.174. The molecule has 0 heterocycles. The maximum atomic E-state index is 12.1. The van der Waals surface area contributed by atoms with Gasteiger partial charge in [0.1, 0.15) is 0 Å². The molecule has 0 aliphatic heterocycles. The third-order valence-electron chi connectivity index (χ3n) is 3.40. The van der Waals surface area contributed by atoms with Crippen LogP contribution >= 0.6 is 0 Å². The van der Waals surface area contributed by atoms with E-state index in [4.69, 9.17) is 0 Å². The predicted molar refractivity (Wildman–Crippen MR) is 83.5 cm³/mol. The summed E-state index contributed by atoms with van der Waals surface area (Å²) in [6.07, 6.45) is 5.01. The van der Waals surface area contributed by atoms with Crippen molar-refractivity contribution in [3.05, 3.63) is 29.8 Å². The van der Waals surface area contributed by atoms with Crippen LogP contribution in [0.1, 0.15) is 38.2 Å². The lowest BCUT2D eigenvalue weighted by Gasteiger charge is -2.12. The van der Waals surface area contributed by atoms with Crippen LogP contribution in [0, 0.1) is 0 Å². The zero-order valence-electron chi connectivity index (χ0n) is 12.1. The summed E-state index contributed by atoms with van der Waals surface area (Å²) in [5, 5.41) is 3.33. The Kier molecular flexibility index (Phi) is 5.43. The second-order valence-corrected chi connectivity index (χ2v) is 7.25. The van der Waals surface area contributed by atoms with Crippen molar-refractivity contribution in [3.63, 3.8) is 0 Å². The lowest BCUT2D eigenvalue weighted by Crippen LogP contribution is -2.23. The number of rotatable bonds is 9. The number of nitrogens with one attached hydrogen (secondary N) is 2. The summed E-state index contributed by atoms with van der Waals surface area (Å²) in [6.45, 7) is 2.87. The molecule has 0 spiro atoms. The van der Waals surface area contributed by atoms with Gasteiger partial charge in [0, 0.05) is 6.04 Å². The van der Waals surface area contributed by atoms with Gasteiger partial charge in [-0.3, -0.25) is 4.72 Å². The van der Waals surface area contributed by atoms with Crippen LogP contribution in [-0.2, 0) is 16.4 Å². The number of sulfonamides is 1. The lowest BCUT2D eigenvalue weighted by molar-refractivity contribution is 0.593. The van der Waals surface area contributed by atoms with Crippen LogP contribution in [0.5, 0.6) is 0 Å². The second kappa shape index (κ2) is 7.09. The first-order valence-corrected chi connectivity index (χ1v) is 9.08. The molecular weight excluding hydrogens is 272 g/mol. The fraction of sp³-hybridized carbons (Fsp3) is 0.600. The first kappa shape index (κ1) is 15.3. The highest BCUT2D eigenvalue weighted by molar-refractivity contribution is 7.92. The fourth-order valence-corrected chi connectivity index (χ4v) is 3.34. The summed E-state index contributed by atoms with van der Waals surface area (Å²) >= 11 is 0. The largest absolute Gasteiger partial charge is 0.314 e. The molecule has 0 atom stereocenters.